The van der Waals surface area contributed by atoms with Crippen LogP contribution in [0.25, 0.3) is 5.57 Å². The van der Waals surface area contributed by atoms with Crippen molar-refractivity contribution in [2.75, 3.05) is 7.05 Å². The number of aliphatic imine (C=N–C) groups is 1. The third-order valence-corrected chi connectivity index (χ3v) is 2.29. The molecule has 5 heteroatoms. The Hall–Kier alpha value is -1.78. The van der Waals surface area contributed by atoms with Crippen molar-refractivity contribution in [3.05, 3.63) is 41.5 Å². The van der Waals surface area contributed by atoms with Gasteiger partial charge in [0.05, 0.1) is 0 Å². The maximum absolute atomic E-state index is 12.1. The molecule has 1 aromatic carbocycles. The Labute approximate surface area is 118 Å². The number of benzene rings is 1. The Morgan fingerprint density at radius 3 is 2.05 bits per heavy atom. The average Bonchev–Trinajstić information content (AvgIpc) is 2.39. The van der Waals surface area contributed by atoms with Gasteiger partial charge in [0.2, 0.25) is 5.90 Å². The highest BCUT2D eigenvalue weighted by molar-refractivity contribution is 5.95. The van der Waals surface area contributed by atoms with Crippen LogP contribution < -0.4 is 0 Å². The van der Waals surface area contributed by atoms with E-state index in [0.29, 0.717) is 5.57 Å². The summed E-state index contributed by atoms with van der Waals surface area (Å²) in [6.07, 6.45) is -3.46. The standard InChI is InChI=1S/C13H14F3NO.C2H6/c1-9-4-6-11(7-5-9)10(2)8-12(17-3)18-13(14,15)16;1-2/h4-8H,1-3H3;1-2H3/b10-8+,17-12?;. The second kappa shape index (κ2) is 8.40. The van der Waals surface area contributed by atoms with Crippen LogP contribution in [-0.2, 0) is 4.74 Å². The minimum Gasteiger partial charge on any atom is -0.388 e. The van der Waals surface area contributed by atoms with Gasteiger partial charge in [-0.3, -0.25) is 4.99 Å². The first-order chi connectivity index (χ1) is 9.31. The maximum atomic E-state index is 12.1. The summed E-state index contributed by atoms with van der Waals surface area (Å²) in [4.78, 5) is 3.45. The summed E-state index contributed by atoms with van der Waals surface area (Å²) in [5, 5.41) is 0. The summed E-state index contributed by atoms with van der Waals surface area (Å²) in [5.74, 6) is -0.458. The van der Waals surface area contributed by atoms with E-state index in [1.54, 1.807) is 6.92 Å². The minimum atomic E-state index is -4.72. The smallest absolute Gasteiger partial charge is 0.388 e. The van der Waals surface area contributed by atoms with Crippen LogP contribution in [0.1, 0.15) is 31.9 Å². The van der Waals surface area contributed by atoms with Crippen LogP contribution in [0.2, 0.25) is 0 Å². The Bertz CT molecular complexity index is 459. The third-order valence-electron chi connectivity index (χ3n) is 2.29. The molecule has 20 heavy (non-hydrogen) atoms. The van der Waals surface area contributed by atoms with Gasteiger partial charge in [-0.15, -0.1) is 13.2 Å². The summed E-state index contributed by atoms with van der Waals surface area (Å²) in [6.45, 7) is 7.64. The van der Waals surface area contributed by atoms with E-state index in [9.17, 15) is 13.2 Å². The Kier molecular flexibility index (Phi) is 7.65. The number of halogens is 3. The number of allylic oxidation sites excluding steroid dienone is 1. The first-order valence-electron chi connectivity index (χ1n) is 6.29. The van der Waals surface area contributed by atoms with Crippen molar-refractivity contribution in [1.29, 1.82) is 0 Å². The third kappa shape index (κ3) is 6.97. The van der Waals surface area contributed by atoms with Gasteiger partial charge in [-0.25, -0.2) is 0 Å². The summed E-state index contributed by atoms with van der Waals surface area (Å²) in [7, 11) is 1.25. The number of rotatable bonds is 2. The van der Waals surface area contributed by atoms with Gasteiger partial charge in [0, 0.05) is 13.1 Å². The molecule has 112 valence electrons. The van der Waals surface area contributed by atoms with Crippen LogP contribution in [0.5, 0.6) is 0 Å². The van der Waals surface area contributed by atoms with Gasteiger partial charge in [0.25, 0.3) is 0 Å². The molecular weight excluding hydrogens is 267 g/mol. The Balaban J connectivity index is 0.00000172. The van der Waals surface area contributed by atoms with Crippen LogP contribution in [0.3, 0.4) is 0 Å². The molecule has 0 N–H and O–H groups in total. The highest BCUT2D eigenvalue weighted by Gasteiger charge is 2.32. The predicted octanol–water partition coefficient (Wildman–Crippen LogP) is 4.99. The quantitative estimate of drug-likeness (QED) is 0.554. The molecule has 0 aliphatic rings. The normalized spacial score (nSPS) is 12.6. The lowest BCUT2D eigenvalue weighted by atomic mass is 10.1. The van der Waals surface area contributed by atoms with Crippen LogP contribution >= 0.6 is 0 Å². The zero-order chi connectivity index (χ0) is 15.8. The molecule has 0 aliphatic heterocycles. The molecule has 0 bridgehead atoms. The van der Waals surface area contributed by atoms with E-state index in [-0.39, 0.29) is 0 Å². The highest BCUT2D eigenvalue weighted by Crippen LogP contribution is 2.19. The first kappa shape index (κ1) is 18.2. The zero-order valence-electron chi connectivity index (χ0n) is 12.4. The largest absolute Gasteiger partial charge is 0.574 e. The highest BCUT2D eigenvalue weighted by atomic mass is 19.4. The van der Waals surface area contributed by atoms with Crippen molar-refractivity contribution in [3.8, 4) is 0 Å². The Morgan fingerprint density at radius 1 is 1.15 bits per heavy atom. The monoisotopic (exact) mass is 287 g/mol. The molecule has 1 aromatic rings. The summed E-state index contributed by atoms with van der Waals surface area (Å²) in [5.41, 5.74) is 2.56. The first-order valence-corrected chi connectivity index (χ1v) is 6.29. The lowest BCUT2D eigenvalue weighted by Gasteiger charge is -2.09. The fourth-order valence-electron chi connectivity index (χ4n) is 1.34. The van der Waals surface area contributed by atoms with E-state index >= 15 is 0 Å². The average molecular weight is 287 g/mol. The summed E-state index contributed by atoms with van der Waals surface area (Å²) >= 11 is 0. The number of ether oxygens (including phenoxy) is 1. The molecule has 0 heterocycles. The number of hydrogen-bond acceptors (Lipinski definition) is 2. The molecule has 0 aliphatic carbocycles. The van der Waals surface area contributed by atoms with Crippen molar-refractivity contribution >= 4 is 11.5 Å². The van der Waals surface area contributed by atoms with Crippen LogP contribution in [0.15, 0.2) is 35.3 Å². The van der Waals surface area contributed by atoms with Crippen LogP contribution in [0.4, 0.5) is 13.2 Å². The van der Waals surface area contributed by atoms with Gasteiger partial charge in [0.15, 0.2) is 0 Å². The van der Waals surface area contributed by atoms with Crippen molar-refractivity contribution < 1.29 is 17.9 Å². The molecule has 1 rings (SSSR count). The van der Waals surface area contributed by atoms with E-state index in [0.717, 1.165) is 11.1 Å². The van der Waals surface area contributed by atoms with Crippen LogP contribution in [0, 0.1) is 6.92 Å². The number of aryl methyl sites for hydroxylation is 1. The van der Waals surface area contributed by atoms with Crippen molar-refractivity contribution in [2.45, 2.75) is 34.1 Å². The molecule has 0 amide bonds. The van der Waals surface area contributed by atoms with Crippen molar-refractivity contribution in [3.63, 3.8) is 0 Å². The molecule has 0 unspecified atom stereocenters. The minimum absolute atomic E-state index is 0.458. The van der Waals surface area contributed by atoms with Gasteiger partial charge in [-0.2, -0.15) is 0 Å². The van der Waals surface area contributed by atoms with E-state index in [1.165, 1.54) is 13.1 Å². The number of alkyl halides is 3. The molecule has 0 radical (unpaired) electrons. The molecule has 0 atom stereocenters. The second-order valence-corrected chi connectivity index (χ2v) is 3.80. The summed E-state index contributed by atoms with van der Waals surface area (Å²) < 4.78 is 40.0. The van der Waals surface area contributed by atoms with E-state index in [2.05, 4.69) is 9.73 Å². The van der Waals surface area contributed by atoms with Crippen LogP contribution in [-0.4, -0.2) is 19.3 Å². The fraction of sp³-hybridized carbons (Fsp3) is 0.400. The second-order valence-electron chi connectivity index (χ2n) is 3.80. The molecule has 0 spiro atoms. The Morgan fingerprint density at radius 2 is 1.65 bits per heavy atom. The lowest BCUT2D eigenvalue weighted by molar-refractivity contribution is -0.282. The van der Waals surface area contributed by atoms with E-state index < -0.39 is 12.3 Å². The number of nitrogens with zero attached hydrogens (tertiary/aromatic N) is 1. The fourth-order valence-corrected chi connectivity index (χ4v) is 1.34. The molecular formula is C15H20F3NO. The molecule has 0 saturated heterocycles. The van der Waals surface area contributed by atoms with E-state index in [1.807, 2.05) is 45.0 Å². The molecule has 0 saturated carbocycles. The maximum Gasteiger partial charge on any atom is 0.574 e. The summed E-state index contributed by atoms with van der Waals surface area (Å²) in [6, 6.07) is 7.45. The van der Waals surface area contributed by atoms with Crippen molar-refractivity contribution in [1.82, 2.24) is 0 Å². The van der Waals surface area contributed by atoms with E-state index in [4.69, 9.17) is 0 Å². The molecule has 0 fully saturated rings. The van der Waals surface area contributed by atoms with Gasteiger partial charge in [-0.05, 0) is 25.0 Å². The van der Waals surface area contributed by atoms with Crippen molar-refractivity contribution in [2.24, 2.45) is 4.99 Å². The molecule has 0 aromatic heterocycles. The molecule has 2 nitrogen and oxygen atoms in total. The van der Waals surface area contributed by atoms with Gasteiger partial charge < -0.3 is 4.74 Å². The van der Waals surface area contributed by atoms with Gasteiger partial charge in [-0.1, -0.05) is 43.7 Å². The SMILES string of the molecule is CC.CN=C(/C=C(\C)c1ccc(C)cc1)OC(F)(F)F. The topological polar surface area (TPSA) is 21.6 Å². The number of hydrogen-bond donors (Lipinski definition) is 0. The van der Waals surface area contributed by atoms with Gasteiger partial charge in [0.1, 0.15) is 0 Å². The predicted molar refractivity (Wildman–Crippen MR) is 76.7 cm³/mol. The zero-order valence-corrected chi connectivity index (χ0v) is 12.4. The van der Waals surface area contributed by atoms with Gasteiger partial charge >= 0.3 is 6.36 Å². The lowest BCUT2D eigenvalue weighted by Crippen LogP contribution is -2.18.